The summed E-state index contributed by atoms with van der Waals surface area (Å²) in [7, 11) is -2.04. The summed E-state index contributed by atoms with van der Waals surface area (Å²) in [5.41, 5.74) is 0.781. The average Bonchev–Trinajstić information content (AvgIpc) is 3.59. The minimum absolute atomic E-state index is 0.0540. The van der Waals surface area contributed by atoms with Gasteiger partial charge in [0.1, 0.15) is 16.0 Å². The first-order valence-corrected chi connectivity index (χ1v) is 15.1. The van der Waals surface area contributed by atoms with Crippen LogP contribution in [0.1, 0.15) is 51.2 Å². The van der Waals surface area contributed by atoms with Crippen LogP contribution in [0.15, 0.2) is 47.4 Å². The Morgan fingerprint density at radius 2 is 1.68 bits per heavy atom. The van der Waals surface area contributed by atoms with E-state index in [1.165, 1.54) is 20.5 Å². The van der Waals surface area contributed by atoms with Crippen molar-refractivity contribution in [3.63, 3.8) is 0 Å². The van der Waals surface area contributed by atoms with Crippen LogP contribution in [-0.4, -0.2) is 55.3 Å². The van der Waals surface area contributed by atoms with Gasteiger partial charge in [0.05, 0.1) is 16.5 Å². The SMILES string of the molecule is CN(C(=O)C1(CC(=O)OC(C)(C)C)Cc2ccccc2C1)c1nc2c(S(=O)(=O)N3CCCC3)cccc2s1. The predicted molar refractivity (Wildman–Crippen MR) is 148 cm³/mol. The number of para-hydroxylation sites is 1. The van der Waals surface area contributed by atoms with Crippen molar-refractivity contribution in [2.75, 3.05) is 25.0 Å². The monoisotopic (exact) mass is 555 g/mol. The van der Waals surface area contributed by atoms with Gasteiger partial charge in [-0.3, -0.25) is 14.5 Å². The lowest BCUT2D eigenvalue weighted by Crippen LogP contribution is -2.45. The Hall–Kier alpha value is -2.82. The molecule has 8 nitrogen and oxygen atoms in total. The zero-order chi connectivity index (χ0) is 27.3. The lowest BCUT2D eigenvalue weighted by Gasteiger charge is -2.31. The number of nitrogens with zero attached hydrogens (tertiary/aromatic N) is 3. The van der Waals surface area contributed by atoms with Crippen molar-refractivity contribution >= 4 is 48.6 Å². The third-order valence-electron chi connectivity index (χ3n) is 7.18. The van der Waals surface area contributed by atoms with Crippen LogP contribution in [0.25, 0.3) is 10.2 Å². The van der Waals surface area contributed by atoms with Crippen LogP contribution in [0.4, 0.5) is 5.13 Å². The molecule has 0 spiro atoms. The number of rotatable bonds is 6. The first kappa shape index (κ1) is 26.8. The maximum absolute atomic E-state index is 14.2. The van der Waals surface area contributed by atoms with E-state index in [-0.39, 0.29) is 17.2 Å². The van der Waals surface area contributed by atoms with Gasteiger partial charge in [-0.15, -0.1) is 0 Å². The second-order valence-electron chi connectivity index (χ2n) is 11.2. The molecule has 1 aliphatic heterocycles. The lowest BCUT2D eigenvalue weighted by molar-refractivity contribution is -0.159. The van der Waals surface area contributed by atoms with E-state index >= 15 is 0 Å². The van der Waals surface area contributed by atoms with Gasteiger partial charge < -0.3 is 4.74 Å². The third kappa shape index (κ3) is 4.97. The fourth-order valence-corrected chi connectivity index (χ4v) is 8.16. The van der Waals surface area contributed by atoms with E-state index in [1.807, 2.05) is 51.1 Å². The molecule has 1 aromatic heterocycles. The fourth-order valence-electron chi connectivity index (χ4n) is 5.47. The Morgan fingerprint density at radius 3 is 2.29 bits per heavy atom. The molecule has 10 heteroatoms. The van der Waals surface area contributed by atoms with E-state index in [4.69, 9.17) is 4.74 Å². The van der Waals surface area contributed by atoms with Crippen molar-refractivity contribution < 1.29 is 22.7 Å². The first-order valence-electron chi connectivity index (χ1n) is 12.9. The van der Waals surface area contributed by atoms with E-state index in [0.29, 0.717) is 41.3 Å². The fraction of sp³-hybridized carbons (Fsp3) is 0.464. The molecule has 0 N–H and O–H groups in total. The Balaban J connectivity index is 1.49. The molecule has 2 heterocycles. The molecule has 202 valence electrons. The van der Waals surface area contributed by atoms with Gasteiger partial charge in [0, 0.05) is 20.1 Å². The Kier molecular flexibility index (Phi) is 6.86. The number of ether oxygens (including phenoxy) is 1. The van der Waals surface area contributed by atoms with Crippen molar-refractivity contribution in [1.82, 2.24) is 9.29 Å². The molecular weight excluding hydrogens is 522 g/mol. The minimum Gasteiger partial charge on any atom is -0.460 e. The second-order valence-corrected chi connectivity index (χ2v) is 14.2. The Bertz CT molecular complexity index is 1480. The van der Waals surface area contributed by atoms with Crippen molar-refractivity contribution in [1.29, 1.82) is 0 Å². The van der Waals surface area contributed by atoms with Crippen molar-refractivity contribution in [3.8, 4) is 0 Å². The van der Waals surface area contributed by atoms with Crippen LogP contribution >= 0.6 is 11.3 Å². The maximum Gasteiger partial charge on any atom is 0.307 e. The van der Waals surface area contributed by atoms with Gasteiger partial charge in [0.25, 0.3) is 0 Å². The summed E-state index contributed by atoms with van der Waals surface area (Å²) in [6.45, 7) is 6.43. The number of anilines is 1. The number of fused-ring (bicyclic) bond motifs is 2. The number of carbonyl (C=O) groups is 2. The number of esters is 1. The van der Waals surface area contributed by atoms with E-state index in [0.717, 1.165) is 24.0 Å². The molecule has 2 aromatic carbocycles. The highest BCUT2D eigenvalue weighted by Gasteiger charge is 2.48. The molecule has 0 unspecified atom stereocenters. The number of amides is 1. The van der Waals surface area contributed by atoms with Gasteiger partial charge in [-0.1, -0.05) is 41.7 Å². The maximum atomic E-state index is 14.2. The van der Waals surface area contributed by atoms with Crippen molar-refractivity contribution in [2.24, 2.45) is 5.41 Å². The van der Waals surface area contributed by atoms with E-state index in [1.54, 1.807) is 19.2 Å². The van der Waals surface area contributed by atoms with Gasteiger partial charge in [-0.25, -0.2) is 13.4 Å². The lowest BCUT2D eigenvalue weighted by atomic mass is 9.80. The van der Waals surface area contributed by atoms with Crippen LogP contribution in [-0.2, 0) is 37.2 Å². The third-order valence-corrected chi connectivity index (χ3v) is 10.2. The van der Waals surface area contributed by atoms with Crippen molar-refractivity contribution in [3.05, 3.63) is 53.6 Å². The number of benzene rings is 2. The largest absolute Gasteiger partial charge is 0.460 e. The smallest absolute Gasteiger partial charge is 0.307 e. The number of sulfonamides is 1. The van der Waals surface area contributed by atoms with Crippen LogP contribution in [0, 0.1) is 5.41 Å². The number of carbonyl (C=O) groups excluding carboxylic acids is 2. The number of hydrogen-bond donors (Lipinski definition) is 0. The van der Waals surface area contributed by atoms with Gasteiger partial charge in [-0.2, -0.15) is 4.31 Å². The number of hydrogen-bond acceptors (Lipinski definition) is 7. The minimum atomic E-state index is -3.68. The zero-order valence-electron chi connectivity index (χ0n) is 22.2. The summed E-state index contributed by atoms with van der Waals surface area (Å²) in [6, 6.07) is 13.0. The number of aromatic nitrogens is 1. The molecule has 3 aromatic rings. The van der Waals surface area contributed by atoms with Crippen LogP contribution in [0.2, 0.25) is 0 Å². The van der Waals surface area contributed by atoms with E-state index < -0.39 is 27.0 Å². The molecular formula is C28H33N3O5S2. The molecule has 2 aliphatic rings. The average molecular weight is 556 g/mol. The predicted octanol–water partition coefficient (Wildman–Crippen LogP) is 4.56. The summed E-state index contributed by atoms with van der Waals surface area (Å²) >= 11 is 1.27. The molecule has 1 aliphatic carbocycles. The van der Waals surface area contributed by atoms with Gasteiger partial charge in [-0.05, 0) is 69.7 Å². The van der Waals surface area contributed by atoms with Crippen LogP contribution in [0.5, 0.6) is 0 Å². The highest BCUT2D eigenvalue weighted by atomic mass is 32.2. The highest BCUT2D eigenvalue weighted by Crippen LogP contribution is 2.43. The normalized spacial score (nSPS) is 17.5. The molecule has 1 amide bonds. The van der Waals surface area contributed by atoms with E-state index in [2.05, 4.69) is 4.98 Å². The molecule has 1 saturated heterocycles. The second kappa shape index (κ2) is 9.73. The Labute approximate surface area is 227 Å². The highest BCUT2D eigenvalue weighted by molar-refractivity contribution is 7.89. The zero-order valence-corrected chi connectivity index (χ0v) is 23.8. The first-order chi connectivity index (χ1) is 17.9. The van der Waals surface area contributed by atoms with Crippen molar-refractivity contribution in [2.45, 2.75) is 63.4 Å². The van der Waals surface area contributed by atoms with Gasteiger partial charge in [0.15, 0.2) is 5.13 Å². The Morgan fingerprint density at radius 1 is 1.05 bits per heavy atom. The van der Waals surface area contributed by atoms with Gasteiger partial charge in [0.2, 0.25) is 15.9 Å². The summed E-state index contributed by atoms with van der Waals surface area (Å²) in [5.74, 6) is -0.655. The topological polar surface area (TPSA) is 96.9 Å². The molecule has 0 radical (unpaired) electrons. The van der Waals surface area contributed by atoms with Gasteiger partial charge >= 0.3 is 5.97 Å². The summed E-state index contributed by atoms with van der Waals surface area (Å²) in [4.78, 5) is 33.4. The summed E-state index contributed by atoms with van der Waals surface area (Å²) in [5, 5.41) is 0.397. The standard InChI is InChI=1S/C28H33N3O5S2/c1-27(2,3)36-23(32)18-28(16-19-10-5-6-11-20(19)17-28)25(33)30(4)26-29-24-21(37-26)12-9-13-22(24)38(34,35)31-14-7-8-15-31/h5-6,9-13H,7-8,14-18H2,1-4H3. The number of thiazole rings is 1. The quantitative estimate of drug-likeness (QED) is 0.414. The van der Waals surface area contributed by atoms with E-state index in [9.17, 15) is 18.0 Å². The molecule has 38 heavy (non-hydrogen) atoms. The van der Waals surface area contributed by atoms with Crippen LogP contribution < -0.4 is 4.90 Å². The van der Waals surface area contributed by atoms with Crippen LogP contribution in [0.3, 0.4) is 0 Å². The molecule has 0 saturated carbocycles. The molecule has 5 rings (SSSR count). The summed E-state index contributed by atoms with van der Waals surface area (Å²) < 4.78 is 34.5. The molecule has 1 fully saturated rings. The molecule has 0 atom stereocenters. The molecule has 0 bridgehead atoms. The summed E-state index contributed by atoms with van der Waals surface area (Å²) in [6.07, 6.45) is 2.48.